The standard InChI is InChI=1S/C27H39F2N7/c1-17-11-24(20(13-30)26(31-3)33-17)35-10-7-23-21(15-35)18(2)34-36(23)16-27-8-4-5-19(12-27)22(6-9-27)32-14-25(28)29/h11,13,19,22,25,30,32H,4-10,12,14-16H2,1-3H3,(H,31,33). The van der Waals surface area contributed by atoms with Crippen molar-refractivity contribution in [1.29, 1.82) is 5.41 Å². The molecule has 2 bridgehead atoms. The van der Waals surface area contributed by atoms with Crippen LogP contribution < -0.4 is 15.5 Å². The van der Waals surface area contributed by atoms with Gasteiger partial charge in [-0.25, -0.2) is 13.8 Å². The van der Waals surface area contributed by atoms with Gasteiger partial charge in [0.1, 0.15) is 5.82 Å². The van der Waals surface area contributed by atoms with Gasteiger partial charge in [0.05, 0.1) is 23.5 Å². The predicted molar refractivity (Wildman–Crippen MR) is 140 cm³/mol. The number of nitrogens with zero attached hydrogens (tertiary/aromatic N) is 4. The molecule has 3 heterocycles. The first kappa shape index (κ1) is 25.1. The second-order valence-corrected chi connectivity index (χ2v) is 11.1. The zero-order chi connectivity index (χ0) is 25.4. The molecule has 2 aromatic heterocycles. The Morgan fingerprint density at radius 3 is 2.86 bits per heavy atom. The van der Waals surface area contributed by atoms with Crippen molar-refractivity contribution in [3.63, 3.8) is 0 Å². The first-order valence-corrected chi connectivity index (χ1v) is 13.3. The van der Waals surface area contributed by atoms with Crippen molar-refractivity contribution in [2.24, 2.45) is 11.3 Å². The number of fused-ring (bicyclic) bond motifs is 3. The number of hydrogen-bond acceptors (Lipinski definition) is 6. The maximum Gasteiger partial charge on any atom is 0.250 e. The molecule has 3 aliphatic rings. The van der Waals surface area contributed by atoms with E-state index in [4.69, 9.17) is 10.5 Å². The summed E-state index contributed by atoms with van der Waals surface area (Å²) in [4.78, 5) is 6.91. The Labute approximate surface area is 212 Å². The summed E-state index contributed by atoms with van der Waals surface area (Å²) in [6.45, 7) is 6.50. The first-order chi connectivity index (χ1) is 17.3. The van der Waals surface area contributed by atoms with E-state index in [0.717, 1.165) is 80.2 Å². The van der Waals surface area contributed by atoms with Crippen LogP contribution in [0.25, 0.3) is 0 Å². The summed E-state index contributed by atoms with van der Waals surface area (Å²) in [6, 6.07) is 2.30. The van der Waals surface area contributed by atoms with Crippen molar-refractivity contribution >= 4 is 17.7 Å². The van der Waals surface area contributed by atoms with E-state index in [1.165, 1.54) is 30.3 Å². The van der Waals surface area contributed by atoms with Gasteiger partial charge in [0.25, 0.3) is 6.43 Å². The van der Waals surface area contributed by atoms with Gasteiger partial charge in [0, 0.05) is 62.3 Å². The minimum Gasteiger partial charge on any atom is -0.373 e. The van der Waals surface area contributed by atoms with Crippen LogP contribution in [0.2, 0.25) is 0 Å². The highest BCUT2D eigenvalue weighted by molar-refractivity contribution is 5.92. The summed E-state index contributed by atoms with van der Waals surface area (Å²) in [7, 11) is 1.85. The van der Waals surface area contributed by atoms with Crippen LogP contribution in [-0.2, 0) is 19.5 Å². The van der Waals surface area contributed by atoms with Gasteiger partial charge in [-0.1, -0.05) is 6.42 Å². The lowest BCUT2D eigenvalue weighted by Gasteiger charge is -2.49. The fraction of sp³-hybridized carbons (Fsp3) is 0.667. The van der Waals surface area contributed by atoms with Crippen molar-refractivity contribution in [2.45, 2.75) is 84.4 Å². The van der Waals surface area contributed by atoms with E-state index in [2.05, 4.69) is 38.2 Å². The average Bonchev–Trinajstić information content (AvgIpc) is 3.17. The van der Waals surface area contributed by atoms with Crippen molar-refractivity contribution in [1.82, 2.24) is 20.1 Å². The molecule has 9 heteroatoms. The van der Waals surface area contributed by atoms with Crippen molar-refractivity contribution < 1.29 is 8.78 Å². The quantitative estimate of drug-likeness (QED) is 0.459. The number of nitrogens with one attached hydrogen (secondary N) is 3. The van der Waals surface area contributed by atoms with Gasteiger partial charge in [0.2, 0.25) is 0 Å². The number of aryl methyl sites for hydroxylation is 2. The van der Waals surface area contributed by atoms with Crippen LogP contribution in [0.4, 0.5) is 20.3 Å². The molecule has 3 N–H and O–H groups in total. The zero-order valence-corrected chi connectivity index (χ0v) is 21.7. The molecule has 36 heavy (non-hydrogen) atoms. The van der Waals surface area contributed by atoms with Crippen LogP contribution in [0.3, 0.4) is 0 Å². The molecule has 1 aliphatic heterocycles. The molecule has 0 amide bonds. The Hall–Kier alpha value is -2.55. The van der Waals surface area contributed by atoms with Gasteiger partial charge in [-0.2, -0.15) is 5.10 Å². The molecule has 2 aromatic rings. The van der Waals surface area contributed by atoms with Gasteiger partial charge >= 0.3 is 0 Å². The average molecular weight is 500 g/mol. The number of alkyl halides is 2. The van der Waals surface area contributed by atoms with Crippen molar-refractivity contribution in [3.8, 4) is 0 Å². The Morgan fingerprint density at radius 1 is 1.28 bits per heavy atom. The maximum atomic E-state index is 12.8. The molecule has 196 valence electrons. The highest BCUT2D eigenvalue weighted by Crippen LogP contribution is 2.50. The Bertz CT molecular complexity index is 1110. The van der Waals surface area contributed by atoms with E-state index in [1.54, 1.807) is 0 Å². The first-order valence-electron chi connectivity index (χ1n) is 13.3. The molecular weight excluding hydrogens is 460 g/mol. The Balaban J connectivity index is 1.35. The summed E-state index contributed by atoms with van der Waals surface area (Å²) < 4.78 is 27.8. The van der Waals surface area contributed by atoms with Crippen molar-refractivity contribution in [2.75, 3.05) is 30.4 Å². The van der Waals surface area contributed by atoms with Gasteiger partial charge in [0.15, 0.2) is 0 Å². The largest absolute Gasteiger partial charge is 0.373 e. The van der Waals surface area contributed by atoms with E-state index in [0.29, 0.717) is 5.92 Å². The van der Waals surface area contributed by atoms with Crippen LogP contribution in [0.15, 0.2) is 6.07 Å². The highest BCUT2D eigenvalue weighted by atomic mass is 19.3. The molecule has 0 aromatic carbocycles. The monoisotopic (exact) mass is 499 g/mol. The normalized spacial score (nSPS) is 25.7. The zero-order valence-electron chi connectivity index (χ0n) is 21.7. The smallest absolute Gasteiger partial charge is 0.250 e. The van der Waals surface area contributed by atoms with Gasteiger partial charge in [-0.15, -0.1) is 0 Å². The summed E-state index contributed by atoms with van der Waals surface area (Å²) in [5.41, 5.74) is 6.75. The molecule has 3 atom stereocenters. The van der Waals surface area contributed by atoms with Crippen LogP contribution in [0, 0.1) is 30.6 Å². The van der Waals surface area contributed by atoms with Crippen molar-refractivity contribution in [3.05, 3.63) is 34.3 Å². The van der Waals surface area contributed by atoms with E-state index in [-0.39, 0.29) is 18.0 Å². The van der Waals surface area contributed by atoms with E-state index in [1.807, 2.05) is 14.0 Å². The van der Waals surface area contributed by atoms with Crippen LogP contribution in [0.1, 0.15) is 66.7 Å². The Kier molecular flexibility index (Phi) is 7.03. The molecule has 7 nitrogen and oxygen atoms in total. The van der Waals surface area contributed by atoms with E-state index in [9.17, 15) is 8.78 Å². The molecular formula is C27H39F2N7. The minimum absolute atomic E-state index is 0.191. The number of aromatic nitrogens is 3. The number of hydrogen-bond donors (Lipinski definition) is 3. The lowest BCUT2D eigenvalue weighted by molar-refractivity contribution is 0.0266. The molecule has 0 radical (unpaired) electrons. The molecule has 2 saturated carbocycles. The molecule has 3 unspecified atom stereocenters. The number of anilines is 2. The van der Waals surface area contributed by atoms with Crippen LogP contribution in [-0.4, -0.2) is 53.6 Å². The van der Waals surface area contributed by atoms with Gasteiger partial charge in [-0.05, 0) is 63.4 Å². The number of rotatable bonds is 8. The third-order valence-electron chi connectivity index (χ3n) is 8.77. The SMILES string of the molecule is CNc1nc(C)cc(N2CCc3c(c(C)nn3CC34CCCC(C3)C(NCC(F)F)CC4)C2)c1C=N. The Morgan fingerprint density at radius 2 is 2.11 bits per heavy atom. The molecule has 0 spiro atoms. The maximum absolute atomic E-state index is 12.8. The highest BCUT2D eigenvalue weighted by Gasteiger charge is 2.44. The summed E-state index contributed by atoms with van der Waals surface area (Å²) in [5.74, 6) is 1.23. The fourth-order valence-corrected chi connectivity index (χ4v) is 7.08. The van der Waals surface area contributed by atoms with E-state index < -0.39 is 6.43 Å². The summed E-state index contributed by atoms with van der Waals surface area (Å²) in [6.07, 6.45) is 6.72. The number of pyridine rings is 1. The summed E-state index contributed by atoms with van der Waals surface area (Å²) >= 11 is 0. The molecule has 2 aliphatic carbocycles. The summed E-state index contributed by atoms with van der Waals surface area (Å²) in [5, 5.41) is 19.3. The van der Waals surface area contributed by atoms with Gasteiger partial charge < -0.3 is 20.9 Å². The lowest BCUT2D eigenvalue weighted by Crippen LogP contribution is -2.49. The molecule has 5 rings (SSSR count). The number of halogens is 2. The second-order valence-electron chi connectivity index (χ2n) is 11.1. The molecule has 0 saturated heterocycles. The lowest BCUT2D eigenvalue weighted by atomic mass is 9.60. The predicted octanol–water partition coefficient (Wildman–Crippen LogP) is 4.69. The minimum atomic E-state index is -2.28. The topological polar surface area (TPSA) is 81.9 Å². The van der Waals surface area contributed by atoms with Crippen LogP contribution in [0.5, 0.6) is 0 Å². The van der Waals surface area contributed by atoms with E-state index >= 15 is 0 Å². The van der Waals surface area contributed by atoms with Crippen LogP contribution >= 0.6 is 0 Å². The third kappa shape index (κ3) is 4.74. The van der Waals surface area contributed by atoms with Gasteiger partial charge in [-0.3, -0.25) is 4.68 Å². The third-order valence-corrected chi connectivity index (χ3v) is 8.77. The second kappa shape index (κ2) is 10.1. The fourth-order valence-electron chi connectivity index (χ4n) is 7.08. The molecule has 2 fully saturated rings.